The van der Waals surface area contributed by atoms with Gasteiger partial charge in [0, 0.05) is 28.9 Å². The molecule has 0 fully saturated rings. The molecule has 0 bridgehead atoms. The number of ketones is 1. The molecule has 8 nitrogen and oxygen atoms in total. The van der Waals surface area contributed by atoms with Gasteiger partial charge in [0.05, 0.1) is 10.7 Å². The molecular weight excluding hydrogens is 428 g/mol. The molecule has 0 radical (unpaired) electrons. The van der Waals surface area contributed by atoms with Crippen molar-refractivity contribution in [3.8, 4) is 11.6 Å². The summed E-state index contributed by atoms with van der Waals surface area (Å²) in [5.74, 6) is -0.691. The molecule has 2 aromatic heterocycles. The van der Waals surface area contributed by atoms with Crippen LogP contribution >= 0.6 is 11.3 Å². The molecule has 5 rings (SSSR count). The summed E-state index contributed by atoms with van der Waals surface area (Å²) in [5, 5.41) is 10.2. The molecule has 2 heterocycles. The molecule has 0 spiro atoms. The molecule has 0 amide bonds. The standard InChI is InChI=1S/C23H18N4O4S/c24-14-9-8-13-16-17(20(22(29)30)32-19(14)16)18(25)21(28)23(13,26)11-4-6-12(7-5-11)31-15-3-1-2-10-27-15/h1-10,18H,24-26H2,(H,29,30). The lowest BCUT2D eigenvalue weighted by Gasteiger charge is -2.36. The van der Waals surface area contributed by atoms with Gasteiger partial charge in [0.15, 0.2) is 5.78 Å². The van der Waals surface area contributed by atoms with E-state index in [1.165, 1.54) is 0 Å². The number of ether oxygens (including phenoxy) is 1. The van der Waals surface area contributed by atoms with Crippen LogP contribution in [0.1, 0.15) is 32.4 Å². The summed E-state index contributed by atoms with van der Waals surface area (Å²) in [5.41, 5.74) is 19.2. The van der Waals surface area contributed by atoms with E-state index < -0.39 is 23.3 Å². The van der Waals surface area contributed by atoms with Crippen LogP contribution in [-0.2, 0) is 10.3 Å². The van der Waals surface area contributed by atoms with Crippen molar-refractivity contribution < 1.29 is 19.4 Å². The smallest absolute Gasteiger partial charge is 0.346 e. The number of nitrogen functional groups attached to an aromatic ring is 1. The monoisotopic (exact) mass is 446 g/mol. The van der Waals surface area contributed by atoms with Gasteiger partial charge in [-0.1, -0.05) is 24.3 Å². The van der Waals surface area contributed by atoms with Gasteiger partial charge >= 0.3 is 5.97 Å². The normalized spacial score (nSPS) is 19.8. The Morgan fingerprint density at radius 1 is 1.12 bits per heavy atom. The Morgan fingerprint density at radius 3 is 2.53 bits per heavy atom. The number of nitrogens with zero attached hydrogens (tertiary/aromatic N) is 1. The first-order valence-corrected chi connectivity index (χ1v) is 10.5. The number of aromatic carboxylic acids is 1. The lowest BCUT2D eigenvalue weighted by atomic mass is 9.70. The number of Topliss-reactive ketones (excluding diaryl/α,β-unsaturated/α-hetero) is 1. The van der Waals surface area contributed by atoms with Crippen LogP contribution in [-0.4, -0.2) is 21.8 Å². The molecule has 0 saturated heterocycles. The zero-order valence-electron chi connectivity index (χ0n) is 16.6. The molecule has 7 N–H and O–H groups in total. The summed E-state index contributed by atoms with van der Waals surface area (Å²) >= 11 is 1.00. The molecule has 9 heteroatoms. The maximum absolute atomic E-state index is 13.5. The number of aromatic nitrogens is 1. The molecular formula is C23H18N4O4S. The summed E-state index contributed by atoms with van der Waals surface area (Å²) in [6.07, 6.45) is 1.62. The van der Waals surface area contributed by atoms with Crippen molar-refractivity contribution in [2.24, 2.45) is 11.5 Å². The quantitative estimate of drug-likeness (QED) is 0.349. The van der Waals surface area contributed by atoms with Crippen LogP contribution in [0.15, 0.2) is 60.8 Å². The average molecular weight is 446 g/mol. The second kappa shape index (κ2) is 7.13. The number of anilines is 1. The highest BCUT2D eigenvalue weighted by Gasteiger charge is 2.48. The summed E-state index contributed by atoms with van der Waals surface area (Å²) in [7, 11) is 0. The van der Waals surface area contributed by atoms with E-state index >= 15 is 0 Å². The first-order valence-electron chi connectivity index (χ1n) is 9.69. The fraction of sp³-hybridized carbons (Fsp3) is 0.0870. The van der Waals surface area contributed by atoms with Gasteiger partial charge in [-0.25, -0.2) is 9.78 Å². The molecule has 1 aliphatic rings. The largest absolute Gasteiger partial charge is 0.477 e. The molecule has 4 aromatic rings. The number of carboxylic acids is 1. The van der Waals surface area contributed by atoms with Gasteiger partial charge in [-0.05, 0) is 35.4 Å². The van der Waals surface area contributed by atoms with Gasteiger partial charge in [0.2, 0.25) is 5.88 Å². The van der Waals surface area contributed by atoms with Crippen LogP contribution in [0.25, 0.3) is 10.1 Å². The number of nitrogens with two attached hydrogens (primary N) is 3. The van der Waals surface area contributed by atoms with E-state index in [4.69, 9.17) is 21.9 Å². The number of carbonyl (C=O) groups is 2. The number of benzene rings is 2. The van der Waals surface area contributed by atoms with Gasteiger partial charge in [-0.2, -0.15) is 0 Å². The van der Waals surface area contributed by atoms with E-state index in [1.807, 2.05) is 6.07 Å². The van der Waals surface area contributed by atoms with Gasteiger partial charge < -0.3 is 27.0 Å². The van der Waals surface area contributed by atoms with E-state index in [2.05, 4.69) is 4.98 Å². The fourth-order valence-corrected chi connectivity index (χ4v) is 5.29. The fourth-order valence-electron chi connectivity index (χ4n) is 4.15. The minimum Gasteiger partial charge on any atom is -0.477 e. The number of carboxylic acid groups (broad SMARTS) is 1. The number of thiophene rings is 1. The van der Waals surface area contributed by atoms with Crippen molar-refractivity contribution in [2.45, 2.75) is 11.6 Å². The Hall–Kier alpha value is -3.79. The molecule has 2 unspecified atom stereocenters. The molecule has 32 heavy (non-hydrogen) atoms. The summed E-state index contributed by atoms with van der Waals surface area (Å²) in [6, 6.07) is 14.2. The molecule has 160 valence electrons. The van der Waals surface area contributed by atoms with Crippen LogP contribution in [0, 0.1) is 0 Å². The predicted octanol–water partition coefficient (Wildman–Crippen LogP) is 3.15. The van der Waals surface area contributed by atoms with Crippen molar-refractivity contribution >= 4 is 38.9 Å². The number of pyridine rings is 1. The second-order valence-electron chi connectivity index (χ2n) is 7.50. The highest BCUT2D eigenvalue weighted by molar-refractivity contribution is 7.21. The van der Waals surface area contributed by atoms with E-state index in [-0.39, 0.29) is 10.4 Å². The van der Waals surface area contributed by atoms with Crippen molar-refractivity contribution in [1.29, 1.82) is 0 Å². The first kappa shape index (κ1) is 20.1. The maximum atomic E-state index is 13.5. The Balaban J connectivity index is 1.66. The highest BCUT2D eigenvalue weighted by atomic mass is 32.1. The third-order valence-corrected chi connectivity index (χ3v) is 6.92. The third-order valence-electron chi connectivity index (χ3n) is 5.68. The Kier molecular flexibility index (Phi) is 4.48. The average Bonchev–Trinajstić information content (AvgIpc) is 3.20. The van der Waals surface area contributed by atoms with Crippen LogP contribution in [0.5, 0.6) is 11.6 Å². The summed E-state index contributed by atoms with van der Waals surface area (Å²) < 4.78 is 6.28. The SMILES string of the molecule is Nc1ccc2c3c(c(C(=O)O)sc13)C(N)C(=O)C2(N)c1ccc(Oc2ccccn2)cc1. The van der Waals surface area contributed by atoms with E-state index in [1.54, 1.807) is 54.7 Å². The Morgan fingerprint density at radius 2 is 1.88 bits per heavy atom. The number of hydrogen-bond acceptors (Lipinski definition) is 8. The third kappa shape index (κ3) is 2.79. The molecule has 0 saturated carbocycles. The van der Waals surface area contributed by atoms with E-state index in [9.17, 15) is 14.7 Å². The first-order chi connectivity index (χ1) is 15.3. The van der Waals surface area contributed by atoms with Crippen molar-refractivity contribution in [3.05, 3.63) is 82.4 Å². The Labute approximate surface area is 186 Å². The maximum Gasteiger partial charge on any atom is 0.346 e. The van der Waals surface area contributed by atoms with E-state index in [0.29, 0.717) is 38.5 Å². The van der Waals surface area contributed by atoms with Crippen LogP contribution in [0.3, 0.4) is 0 Å². The lowest BCUT2D eigenvalue weighted by Crippen LogP contribution is -2.52. The van der Waals surface area contributed by atoms with Gasteiger partial charge in [-0.15, -0.1) is 11.3 Å². The van der Waals surface area contributed by atoms with Gasteiger partial charge in [0.1, 0.15) is 16.2 Å². The predicted molar refractivity (Wildman–Crippen MR) is 121 cm³/mol. The molecule has 2 aromatic carbocycles. The summed E-state index contributed by atoms with van der Waals surface area (Å²) in [6.45, 7) is 0. The minimum absolute atomic E-state index is 0.00107. The molecule has 2 atom stereocenters. The number of hydrogen-bond donors (Lipinski definition) is 4. The second-order valence-corrected chi connectivity index (χ2v) is 8.52. The topological polar surface area (TPSA) is 155 Å². The lowest BCUT2D eigenvalue weighted by molar-refractivity contribution is -0.124. The zero-order valence-corrected chi connectivity index (χ0v) is 17.4. The zero-order chi connectivity index (χ0) is 22.6. The van der Waals surface area contributed by atoms with E-state index in [0.717, 1.165) is 11.3 Å². The minimum atomic E-state index is -1.57. The number of rotatable bonds is 4. The summed E-state index contributed by atoms with van der Waals surface area (Å²) in [4.78, 5) is 29.4. The van der Waals surface area contributed by atoms with Gasteiger partial charge in [-0.3, -0.25) is 4.79 Å². The molecule has 1 aliphatic carbocycles. The highest BCUT2D eigenvalue weighted by Crippen LogP contribution is 2.49. The van der Waals surface area contributed by atoms with Crippen molar-refractivity contribution in [3.63, 3.8) is 0 Å². The van der Waals surface area contributed by atoms with Crippen LogP contribution in [0.2, 0.25) is 0 Å². The van der Waals surface area contributed by atoms with Crippen molar-refractivity contribution in [1.82, 2.24) is 4.98 Å². The number of carbonyl (C=O) groups excluding carboxylic acids is 1. The Bertz CT molecular complexity index is 1380. The van der Waals surface area contributed by atoms with Crippen LogP contribution in [0.4, 0.5) is 5.69 Å². The van der Waals surface area contributed by atoms with Crippen molar-refractivity contribution in [2.75, 3.05) is 5.73 Å². The van der Waals surface area contributed by atoms with Gasteiger partial charge in [0.25, 0.3) is 0 Å². The van der Waals surface area contributed by atoms with Crippen LogP contribution < -0.4 is 21.9 Å². The molecule has 0 aliphatic heterocycles.